The highest BCUT2D eigenvalue weighted by Crippen LogP contribution is 2.28. The molecule has 32 heavy (non-hydrogen) atoms. The zero-order valence-corrected chi connectivity index (χ0v) is 18.9. The number of nitrogens with one attached hydrogen (secondary N) is 1. The second-order valence-corrected chi connectivity index (χ2v) is 7.61. The molecule has 170 valence electrons. The number of carbonyl (C=O) groups is 1. The van der Waals surface area contributed by atoms with E-state index >= 15 is 0 Å². The van der Waals surface area contributed by atoms with Gasteiger partial charge in [-0.2, -0.15) is 5.10 Å². The first kappa shape index (κ1) is 23.3. The van der Waals surface area contributed by atoms with Crippen molar-refractivity contribution in [1.29, 1.82) is 0 Å². The molecule has 0 aliphatic rings. The number of nitrogens with zero attached hydrogens (tertiary/aromatic N) is 3. The molecule has 0 unspecified atom stereocenters. The Morgan fingerprint density at radius 3 is 2.56 bits per heavy atom. The highest BCUT2D eigenvalue weighted by molar-refractivity contribution is 5.94. The Morgan fingerprint density at radius 1 is 1.12 bits per heavy atom. The standard InChI is InChI=1S/C24H29FN4O3/c1-28(16-24(30)26-21-15-20(31-3)11-12-23(21)32-4)13-5-6-19-14-22(29(2)27-19)17-7-9-18(25)10-8-17/h7-12,14-15H,5-6,13,16H2,1-4H3,(H,26,30). The maximum atomic E-state index is 13.2. The highest BCUT2D eigenvalue weighted by Gasteiger charge is 2.12. The molecule has 1 N–H and O–H groups in total. The number of hydrogen-bond donors (Lipinski definition) is 1. The summed E-state index contributed by atoms with van der Waals surface area (Å²) in [5, 5.41) is 7.44. The molecule has 7 nitrogen and oxygen atoms in total. The predicted molar refractivity (Wildman–Crippen MR) is 123 cm³/mol. The zero-order chi connectivity index (χ0) is 23.1. The molecule has 1 heterocycles. The van der Waals surface area contributed by atoms with Gasteiger partial charge < -0.3 is 14.8 Å². The number of aryl methyl sites for hydroxylation is 2. The van der Waals surface area contributed by atoms with Crippen molar-refractivity contribution in [3.63, 3.8) is 0 Å². The van der Waals surface area contributed by atoms with E-state index in [4.69, 9.17) is 9.47 Å². The van der Waals surface area contributed by atoms with Gasteiger partial charge in [0.25, 0.3) is 0 Å². The summed E-state index contributed by atoms with van der Waals surface area (Å²) in [6, 6.07) is 13.7. The van der Waals surface area contributed by atoms with Gasteiger partial charge in [0, 0.05) is 13.1 Å². The lowest BCUT2D eigenvalue weighted by molar-refractivity contribution is -0.117. The summed E-state index contributed by atoms with van der Waals surface area (Å²) in [6.07, 6.45) is 1.64. The van der Waals surface area contributed by atoms with E-state index in [1.54, 1.807) is 49.2 Å². The highest BCUT2D eigenvalue weighted by atomic mass is 19.1. The number of ether oxygens (including phenoxy) is 2. The summed E-state index contributed by atoms with van der Waals surface area (Å²) >= 11 is 0. The largest absolute Gasteiger partial charge is 0.497 e. The molecule has 0 radical (unpaired) electrons. The van der Waals surface area contributed by atoms with Crippen molar-refractivity contribution in [2.75, 3.05) is 39.7 Å². The summed E-state index contributed by atoms with van der Waals surface area (Å²) < 4.78 is 25.5. The molecule has 1 amide bonds. The van der Waals surface area contributed by atoms with Crippen LogP contribution in [0.4, 0.5) is 10.1 Å². The minimum atomic E-state index is -0.256. The molecule has 0 saturated heterocycles. The second-order valence-electron chi connectivity index (χ2n) is 7.61. The Hall–Kier alpha value is -3.39. The molecule has 3 aromatic rings. The third-order valence-corrected chi connectivity index (χ3v) is 5.14. The van der Waals surface area contributed by atoms with E-state index < -0.39 is 0 Å². The Kier molecular flexibility index (Phi) is 7.83. The minimum absolute atomic E-state index is 0.129. The smallest absolute Gasteiger partial charge is 0.238 e. The number of aromatic nitrogens is 2. The Bertz CT molecular complexity index is 1050. The van der Waals surface area contributed by atoms with E-state index in [2.05, 4.69) is 10.4 Å². The molecule has 0 atom stereocenters. The van der Waals surface area contributed by atoms with E-state index in [1.807, 2.05) is 25.1 Å². The number of anilines is 1. The molecule has 0 spiro atoms. The normalized spacial score (nSPS) is 10.9. The number of hydrogen-bond acceptors (Lipinski definition) is 5. The van der Waals surface area contributed by atoms with Crippen LogP contribution < -0.4 is 14.8 Å². The van der Waals surface area contributed by atoms with Gasteiger partial charge in [0.1, 0.15) is 17.3 Å². The fourth-order valence-electron chi connectivity index (χ4n) is 3.50. The zero-order valence-electron chi connectivity index (χ0n) is 18.9. The van der Waals surface area contributed by atoms with Gasteiger partial charge >= 0.3 is 0 Å². The van der Waals surface area contributed by atoms with Crippen molar-refractivity contribution >= 4 is 11.6 Å². The quantitative estimate of drug-likeness (QED) is 0.520. The van der Waals surface area contributed by atoms with Gasteiger partial charge in [-0.25, -0.2) is 4.39 Å². The lowest BCUT2D eigenvalue weighted by atomic mass is 10.1. The maximum absolute atomic E-state index is 13.2. The van der Waals surface area contributed by atoms with E-state index in [1.165, 1.54) is 12.1 Å². The SMILES string of the molecule is COc1ccc(OC)c(NC(=O)CN(C)CCCc2cc(-c3ccc(F)cc3)n(C)n2)c1. The van der Waals surface area contributed by atoms with Crippen LogP contribution in [0.2, 0.25) is 0 Å². The summed E-state index contributed by atoms with van der Waals surface area (Å²) in [5.74, 6) is 0.835. The average molecular weight is 441 g/mol. The Morgan fingerprint density at radius 2 is 1.88 bits per heavy atom. The average Bonchev–Trinajstić information content (AvgIpc) is 3.14. The molecule has 3 rings (SSSR count). The monoisotopic (exact) mass is 440 g/mol. The molecular weight excluding hydrogens is 411 g/mol. The van der Waals surface area contributed by atoms with Crippen LogP contribution in [0.5, 0.6) is 11.5 Å². The van der Waals surface area contributed by atoms with E-state index in [0.29, 0.717) is 17.2 Å². The number of benzene rings is 2. The van der Waals surface area contributed by atoms with Gasteiger partial charge in [0.2, 0.25) is 5.91 Å². The van der Waals surface area contributed by atoms with Crippen molar-refractivity contribution in [3.8, 4) is 22.8 Å². The lowest BCUT2D eigenvalue weighted by Crippen LogP contribution is -2.31. The third-order valence-electron chi connectivity index (χ3n) is 5.14. The summed E-state index contributed by atoms with van der Waals surface area (Å²) in [7, 11) is 6.92. The van der Waals surface area contributed by atoms with E-state index in [0.717, 1.165) is 36.3 Å². The minimum Gasteiger partial charge on any atom is -0.497 e. The first-order valence-corrected chi connectivity index (χ1v) is 10.4. The number of halogens is 1. The topological polar surface area (TPSA) is 68.6 Å². The van der Waals surface area contributed by atoms with Crippen LogP contribution in [-0.4, -0.2) is 54.9 Å². The number of likely N-dealkylation sites (N-methyl/N-ethyl adjacent to an activating group) is 1. The molecular formula is C24H29FN4O3. The van der Waals surface area contributed by atoms with Crippen LogP contribution in [0.15, 0.2) is 48.5 Å². The lowest BCUT2D eigenvalue weighted by Gasteiger charge is -2.17. The van der Waals surface area contributed by atoms with Crippen LogP contribution in [0.1, 0.15) is 12.1 Å². The summed E-state index contributed by atoms with van der Waals surface area (Å²) in [6.45, 7) is 0.995. The van der Waals surface area contributed by atoms with Gasteiger partial charge in [0.15, 0.2) is 0 Å². The number of carbonyl (C=O) groups excluding carboxylic acids is 1. The predicted octanol–water partition coefficient (Wildman–Crippen LogP) is 3.75. The molecule has 0 fully saturated rings. The fourth-order valence-corrected chi connectivity index (χ4v) is 3.50. The molecule has 0 aliphatic heterocycles. The molecule has 2 aromatic carbocycles. The van der Waals surface area contributed by atoms with Crippen molar-refractivity contribution < 1.29 is 18.7 Å². The Balaban J connectivity index is 1.49. The molecule has 1 aromatic heterocycles. The van der Waals surface area contributed by atoms with Gasteiger partial charge in [-0.05, 0) is 74.5 Å². The van der Waals surface area contributed by atoms with Crippen LogP contribution in [0, 0.1) is 5.82 Å². The summed E-state index contributed by atoms with van der Waals surface area (Å²) in [4.78, 5) is 14.4. The van der Waals surface area contributed by atoms with Gasteiger partial charge in [0.05, 0.1) is 37.8 Å². The first-order valence-electron chi connectivity index (χ1n) is 10.4. The second kappa shape index (κ2) is 10.8. The fraction of sp³-hybridized carbons (Fsp3) is 0.333. The van der Waals surface area contributed by atoms with E-state index in [9.17, 15) is 9.18 Å². The number of amides is 1. The van der Waals surface area contributed by atoms with Gasteiger partial charge in [-0.15, -0.1) is 0 Å². The van der Waals surface area contributed by atoms with Gasteiger partial charge in [-0.3, -0.25) is 14.4 Å². The Labute approximate surface area is 187 Å². The first-order chi connectivity index (χ1) is 15.4. The molecule has 0 aliphatic carbocycles. The van der Waals surface area contributed by atoms with Crippen LogP contribution in [-0.2, 0) is 18.3 Å². The maximum Gasteiger partial charge on any atom is 0.238 e. The van der Waals surface area contributed by atoms with Crippen molar-refractivity contribution in [2.45, 2.75) is 12.8 Å². The number of rotatable bonds is 10. The molecule has 0 bridgehead atoms. The van der Waals surface area contributed by atoms with Gasteiger partial charge in [-0.1, -0.05) is 0 Å². The summed E-state index contributed by atoms with van der Waals surface area (Å²) in [5.41, 5.74) is 3.41. The number of methoxy groups -OCH3 is 2. The van der Waals surface area contributed by atoms with Crippen molar-refractivity contribution in [2.24, 2.45) is 7.05 Å². The van der Waals surface area contributed by atoms with E-state index in [-0.39, 0.29) is 18.3 Å². The van der Waals surface area contributed by atoms with Crippen molar-refractivity contribution in [1.82, 2.24) is 14.7 Å². The van der Waals surface area contributed by atoms with Crippen LogP contribution in [0.3, 0.4) is 0 Å². The molecule has 0 saturated carbocycles. The van der Waals surface area contributed by atoms with Crippen LogP contribution >= 0.6 is 0 Å². The third kappa shape index (κ3) is 6.07. The van der Waals surface area contributed by atoms with Crippen LogP contribution in [0.25, 0.3) is 11.3 Å². The van der Waals surface area contributed by atoms with Crippen molar-refractivity contribution in [3.05, 3.63) is 60.0 Å². The molecule has 8 heteroatoms.